The molecule has 1 aliphatic carbocycles. The first-order chi connectivity index (χ1) is 9.44. The zero-order valence-corrected chi connectivity index (χ0v) is 12.3. The average molecular weight is 354 g/mol. The lowest BCUT2D eigenvalue weighted by molar-refractivity contribution is -0.274. The standard InChI is InChI=1S/C13H15BrF3NO2/c14-11-7-9(5-6-12(11)19-13(15,16)17)8-18-20-10-3-1-2-4-10/h5-7,10,18H,1-4,8H2. The monoisotopic (exact) mass is 353 g/mol. The van der Waals surface area contributed by atoms with E-state index in [9.17, 15) is 13.2 Å². The first kappa shape index (κ1) is 15.6. The van der Waals surface area contributed by atoms with E-state index in [1.165, 1.54) is 18.9 Å². The van der Waals surface area contributed by atoms with Crippen molar-refractivity contribution in [1.29, 1.82) is 0 Å². The summed E-state index contributed by atoms with van der Waals surface area (Å²) in [6.45, 7) is 0.432. The number of hydroxylamine groups is 1. The zero-order valence-electron chi connectivity index (χ0n) is 10.7. The van der Waals surface area contributed by atoms with Crippen molar-refractivity contribution in [2.24, 2.45) is 0 Å². The molecule has 0 aromatic heterocycles. The molecule has 0 bridgehead atoms. The van der Waals surface area contributed by atoms with Crippen LogP contribution in [0.3, 0.4) is 0 Å². The van der Waals surface area contributed by atoms with Crippen LogP contribution < -0.4 is 10.2 Å². The highest BCUT2D eigenvalue weighted by molar-refractivity contribution is 9.10. The molecule has 0 amide bonds. The van der Waals surface area contributed by atoms with Crippen LogP contribution in [0.25, 0.3) is 0 Å². The summed E-state index contributed by atoms with van der Waals surface area (Å²) in [7, 11) is 0. The Labute approximate surface area is 123 Å². The van der Waals surface area contributed by atoms with Crippen LogP contribution in [-0.2, 0) is 11.4 Å². The molecule has 1 aliphatic rings. The predicted octanol–water partition coefficient (Wildman–Crippen LogP) is 4.31. The molecule has 112 valence electrons. The van der Waals surface area contributed by atoms with Crippen LogP contribution in [0.1, 0.15) is 31.2 Å². The highest BCUT2D eigenvalue weighted by Gasteiger charge is 2.31. The minimum atomic E-state index is -4.69. The number of rotatable bonds is 5. The third kappa shape index (κ3) is 4.96. The molecule has 1 N–H and O–H groups in total. The lowest BCUT2D eigenvalue weighted by Gasteiger charge is -2.13. The lowest BCUT2D eigenvalue weighted by Crippen LogP contribution is -2.21. The number of hydrogen-bond donors (Lipinski definition) is 1. The van der Waals surface area contributed by atoms with E-state index in [1.54, 1.807) is 12.1 Å². The van der Waals surface area contributed by atoms with Gasteiger partial charge in [-0.25, -0.2) is 0 Å². The van der Waals surface area contributed by atoms with Gasteiger partial charge in [0.1, 0.15) is 5.75 Å². The highest BCUT2D eigenvalue weighted by atomic mass is 79.9. The van der Waals surface area contributed by atoms with Crippen LogP contribution in [0, 0.1) is 0 Å². The first-order valence-electron chi connectivity index (χ1n) is 6.37. The average Bonchev–Trinajstić information content (AvgIpc) is 2.84. The van der Waals surface area contributed by atoms with Crippen LogP contribution in [0.5, 0.6) is 5.75 Å². The van der Waals surface area contributed by atoms with E-state index >= 15 is 0 Å². The van der Waals surface area contributed by atoms with Gasteiger partial charge in [0, 0.05) is 6.54 Å². The molecule has 0 unspecified atom stereocenters. The van der Waals surface area contributed by atoms with Crippen molar-refractivity contribution in [2.45, 2.75) is 44.7 Å². The summed E-state index contributed by atoms with van der Waals surface area (Å²) in [5.41, 5.74) is 3.66. The second-order valence-corrected chi connectivity index (χ2v) is 5.51. The van der Waals surface area contributed by atoms with Crippen molar-refractivity contribution < 1.29 is 22.7 Å². The fourth-order valence-corrected chi connectivity index (χ4v) is 2.62. The van der Waals surface area contributed by atoms with Crippen molar-refractivity contribution in [2.75, 3.05) is 0 Å². The smallest absolute Gasteiger partial charge is 0.405 e. The van der Waals surface area contributed by atoms with Gasteiger partial charge >= 0.3 is 6.36 Å². The molecule has 0 saturated heterocycles. The number of alkyl halides is 3. The maximum absolute atomic E-state index is 12.1. The molecule has 1 fully saturated rings. The van der Waals surface area contributed by atoms with Gasteiger partial charge in [-0.2, -0.15) is 5.48 Å². The van der Waals surface area contributed by atoms with E-state index in [1.807, 2.05) is 0 Å². The van der Waals surface area contributed by atoms with Crippen molar-refractivity contribution >= 4 is 15.9 Å². The Balaban J connectivity index is 1.85. The molecular formula is C13H15BrF3NO2. The number of nitrogens with one attached hydrogen (secondary N) is 1. The molecule has 0 atom stereocenters. The molecular weight excluding hydrogens is 339 g/mol. The molecule has 0 aliphatic heterocycles. The van der Waals surface area contributed by atoms with Gasteiger partial charge in [-0.05, 0) is 46.5 Å². The first-order valence-corrected chi connectivity index (χ1v) is 7.16. The van der Waals surface area contributed by atoms with Gasteiger partial charge < -0.3 is 4.74 Å². The van der Waals surface area contributed by atoms with Gasteiger partial charge in [-0.1, -0.05) is 18.9 Å². The minimum Gasteiger partial charge on any atom is -0.405 e. The minimum absolute atomic E-state index is 0.242. The predicted molar refractivity (Wildman–Crippen MR) is 71.0 cm³/mol. The van der Waals surface area contributed by atoms with Crippen molar-refractivity contribution in [3.63, 3.8) is 0 Å². The Morgan fingerprint density at radius 2 is 1.95 bits per heavy atom. The third-order valence-electron chi connectivity index (χ3n) is 3.05. The number of hydrogen-bond acceptors (Lipinski definition) is 3. The van der Waals surface area contributed by atoms with Crippen LogP contribution in [0.4, 0.5) is 13.2 Å². The molecule has 20 heavy (non-hydrogen) atoms. The van der Waals surface area contributed by atoms with E-state index in [0.29, 0.717) is 6.54 Å². The fraction of sp³-hybridized carbons (Fsp3) is 0.538. The summed E-state index contributed by atoms with van der Waals surface area (Å²) in [5, 5.41) is 0. The Morgan fingerprint density at radius 1 is 1.25 bits per heavy atom. The summed E-state index contributed by atoms with van der Waals surface area (Å²) in [6.07, 6.45) is 0.0204. The summed E-state index contributed by atoms with van der Waals surface area (Å²) < 4.78 is 40.5. The van der Waals surface area contributed by atoms with E-state index in [-0.39, 0.29) is 16.3 Å². The number of halogens is 4. The van der Waals surface area contributed by atoms with Crippen molar-refractivity contribution in [1.82, 2.24) is 5.48 Å². The van der Waals surface area contributed by atoms with Crippen LogP contribution >= 0.6 is 15.9 Å². The van der Waals surface area contributed by atoms with Gasteiger partial charge in [0.15, 0.2) is 0 Å². The van der Waals surface area contributed by atoms with Crippen molar-refractivity contribution in [3.8, 4) is 5.75 Å². The fourth-order valence-electron chi connectivity index (χ4n) is 2.11. The quantitative estimate of drug-likeness (QED) is 0.800. The molecule has 0 heterocycles. The van der Waals surface area contributed by atoms with E-state index in [0.717, 1.165) is 18.4 Å². The van der Waals surface area contributed by atoms with Gasteiger partial charge in [0.05, 0.1) is 10.6 Å². The summed E-state index contributed by atoms with van der Waals surface area (Å²) in [4.78, 5) is 5.48. The molecule has 7 heteroatoms. The Bertz CT molecular complexity index is 448. The molecule has 2 rings (SSSR count). The Hall–Kier alpha value is -0.790. The third-order valence-corrected chi connectivity index (χ3v) is 3.67. The lowest BCUT2D eigenvalue weighted by atomic mass is 10.2. The number of benzene rings is 1. The van der Waals surface area contributed by atoms with Crippen molar-refractivity contribution in [3.05, 3.63) is 28.2 Å². The molecule has 1 aromatic rings. The second-order valence-electron chi connectivity index (χ2n) is 4.66. The van der Waals surface area contributed by atoms with Gasteiger partial charge in [-0.15, -0.1) is 13.2 Å². The molecule has 1 aromatic carbocycles. The topological polar surface area (TPSA) is 30.5 Å². The molecule has 0 radical (unpaired) electrons. The largest absolute Gasteiger partial charge is 0.573 e. The molecule has 0 spiro atoms. The van der Waals surface area contributed by atoms with Crippen LogP contribution in [0.2, 0.25) is 0 Å². The summed E-state index contributed by atoms with van der Waals surface area (Å²) in [5.74, 6) is -0.252. The van der Waals surface area contributed by atoms with Gasteiger partial charge in [0.2, 0.25) is 0 Å². The summed E-state index contributed by atoms with van der Waals surface area (Å²) >= 11 is 3.06. The van der Waals surface area contributed by atoms with Crippen LogP contribution in [-0.4, -0.2) is 12.5 Å². The normalized spacial score (nSPS) is 16.6. The SMILES string of the molecule is FC(F)(F)Oc1ccc(CNOC2CCCC2)cc1Br. The molecule has 1 saturated carbocycles. The van der Waals surface area contributed by atoms with E-state index < -0.39 is 6.36 Å². The number of ether oxygens (including phenoxy) is 1. The second kappa shape index (κ2) is 6.78. The maximum Gasteiger partial charge on any atom is 0.573 e. The van der Waals surface area contributed by atoms with E-state index in [4.69, 9.17) is 4.84 Å². The Kier molecular flexibility index (Phi) is 5.29. The zero-order chi connectivity index (χ0) is 14.6. The van der Waals surface area contributed by atoms with E-state index in [2.05, 4.69) is 26.1 Å². The van der Waals surface area contributed by atoms with Gasteiger partial charge in [-0.3, -0.25) is 4.84 Å². The van der Waals surface area contributed by atoms with Gasteiger partial charge in [0.25, 0.3) is 0 Å². The molecule has 3 nitrogen and oxygen atoms in total. The Morgan fingerprint density at radius 3 is 2.55 bits per heavy atom. The summed E-state index contributed by atoms with van der Waals surface area (Å²) in [6, 6.07) is 4.42. The highest BCUT2D eigenvalue weighted by Crippen LogP contribution is 2.31. The van der Waals surface area contributed by atoms with Crippen LogP contribution in [0.15, 0.2) is 22.7 Å². The maximum atomic E-state index is 12.1.